The zero-order valence-corrected chi connectivity index (χ0v) is 10.9. The average molecular weight is 248 g/mol. The fourth-order valence-corrected chi connectivity index (χ4v) is 2.46. The van der Waals surface area contributed by atoms with Crippen LogP contribution in [0, 0.1) is 12.8 Å². The Balaban J connectivity index is 2.04. The van der Waals surface area contributed by atoms with Crippen molar-refractivity contribution in [3.8, 4) is 0 Å². The Morgan fingerprint density at radius 2 is 2.33 bits per heavy atom. The minimum absolute atomic E-state index is 0.0302. The summed E-state index contributed by atoms with van der Waals surface area (Å²) in [5.74, 6) is 0.359. The van der Waals surface area contributed by atoms with E-state index < -0.39 is 0 Å². The van der Waals surface area contributed by atoms with Crippen LogP contribution in [0.25, 0.3) is 0 Å². The van der Waals surface area contributed by atoms with E-state index in [1.54, 1.807) is 4.90 Å². The molecule has 1 saturated heterocycles. The first-order valence-corrected chi connectivity index (χ1v) is 6.37. The van der Waals surface area contributed by atoms with Crippen LogP contribution in [-0.2, 0) is 0 Å². The number of benzene rings is 1. The standard InChI is InChI=1S/C14H20N2O2/c1-10-4-3-5-12(8-10)15-14(18)16-7-6-11(2)13(16)9-17/h3-5,8,11,13,17H,6-7,9H2,1-2H3,(H,15,18). The lowest BCUT2D eigenvalue weighted by Crippen LogP contribution is -2.42. The highest BCUT2D eigenvalue weighted by molar-refractivity contribution is 5.89. The van der Waals surface area contributed by atoms with Crippen LogP contribution in [0.4, 0.5) is 10.5 Å². The number of aliphatic hydroxyl groups excluding tert-OH is 1. The van der Waals surface area contributed by atoms with Crippen LogP contribution >= 0.6 is 0 Å². The normalized spacial score (nSPS) is 23.2. The number of aryl methyl sites for hydroxylation is 1. The molecule has 4 nitrogen and oxygen atoms in total. The van der Waals surface area contributed by atoms with Crippen LogP contribution in [0.3, 0.4) is 0 Å². The SMILES string of the molecule is Cc1cccc(NC(=O)N2CCC(C)C2CO)c1. The maximum atomic E-state index is 12.1. The number of hydrogen-bond donors (Lipinski definition) is 2. The van der Waals surface area contributed by atoms with Crippen molar-refractivity contribution in [3.05, 3.63) is 29.8 Å². The van der Waals surface area contributed by atoms with Crippen LogP contribution in [0.15, 0.2) is 24.3 Å². The van der Waals surface area contributed by atoms with Crippen LogP contribution in [-0.4, -0.2) is 35.2 Å². The zero-order valence-electron chi connectivity index (χ0n) is 10.9. The van der Waals surface area contributed by atoms with E-state index >= 15 is 0 Å². The average Bonchev–Trinajstić information content (AvgIpc) is 2.70. The number of carbonyl (C=O) groups is 1. The molecule has 4 heteroatoms. The Labute approximate surface area is 108 Å². The molecule has 0 aliphatic carbocycles. The molecule has 2 atom stereocenters. The number of rotatable bonds is 2. The van der Waals surface area contributed by atoms with Gasteiger partial charge in [0.1, 0.15) is 0 Å². The molecule has 2 rings (SSSR count). The molecule has 1 heterocycles. The minimum atomic E-state index is -0.121. The number of anilines is 1. The van der Waals surface area contributed by atoms with Crippen molar-refractivity contribution in [2.75, 3.05) is 18.5 Å². The van der Waals surface area contributed by atoms with Crippen molar-refractivity contribution >= 4 is 11.7 Å². The lowest BCUT2D eigenvalue weighted by atomic mass is 10.0. The zero-order chi connectivity index (χ0) is 13.1. The van der Waals surface area contributed by atoms with Crippen molar-refractivity contribution < 1.29 is 9.90 Å². The number of nitrogens with zero attached hydrogens (tertiary/aromatic N) is 1. The van der Waals surface area contributed by atoms with Crippen molar-refractivity contribution in [1.82, 2.24) is 4.90 Å². The van der Waals surface area contributed by atoms with E-state index in [1.807, 2.05) is 31.2 Å². The van der Waals surface area contributed by atoms with E-state index in [4.69, 9.17) is 0 Å². The number of nitrogens with one attached hydrogen (secondary N) is 1. The lowest BCUT2D eigenvalue weighted by molar-refractivity contribution is 0.152. The summed E-state index contributed by atoms with van der Waals surface area (Å²) in [7, 11) is 0. The summed E-state index contributed by atoms with van der Waals surface area (Å²) < 4.78 is 0. The van der Waals surface area contributed by atoms with E-state index in [0.717, 1.165) is 17.7 Å². The third kappa shape index (κ3) is 2.64. The van der Waals surface area contributed by atoms with Crippen molar-refractivity contribution in [3.63, 3.8) is 0 Å². The van der Waals surface area contributed by atoms with E-state index in [0.29, 0.717) is 12.5 Å². The fraction of sp³-hybridized carbons (Fsp3) is 0.500. The lowest BCUT2D eigenvalue weighted by Gasteiger charge is -2.25. The van der Waals surface area contributed by atoms with Crippen LogP contribution in [0.2, 0.25) is 0 Å². The van der Waals surface area contributed by atoms with Crippen LogP contribution in [0.5, 0.6) is 0 Å². The highest BCUT2D eigenvalue weighted by Crippen LogP contribution is 2.24. The Morgan fingerprint density at radius 1 is 1.56 bits per heavy atom. The van der Waals surface area contributed by atoms with Gasteiger partial charge in [-0.3, -0.25) is 0 Å². The quantitative estimate of drug-likeness (QED) is 0.843. The number of urea groups is 1. The summed E-state index contributed by atoms with van der Waals surface area (Å²) in [5, 5.41) is 12.2. The molecule has 2 unspecified atom stereocenters. The highest BCUT2D eigenvalue weighted by atomic mass is 16.3. The third-order valence-electron chi connectivity index (χ3n) is 3.60. The summed E-state index contributed by atoms with van der Waals surface area (Å²) in [4.78, 5) is 13.9. The van der Waals surface area contributed by atoms with E-state index in [-0.39, 0.29) is 18.7 Å². The molecule has 0 saturated carbocycles. The first-order valence-electron chi connectivity index (χ1n) is 6.37. The third-order valence-corrected chi connectivity index (χ3v) is 3.60. The molecule has 1 aliphatic rings. The van der Waals surface area contributed by atoms with Gasteiger partial charge in [0, 0.05) is 12.2 Å². The molecule has 98 valence electrons. The Bertz CT molecular complexity index is 434. The van der Waals surface area contributed by atoms with Gasteiger partial charge in [-0.05, 0) is 37.0 Å². The van der Waals surface area contributed by atoms with Gasteiger partial charge in [-0.25, -0.2) is 4.79 Å². The molecule has 18 heavy (non-hydrogen) atoms. The Hall–Kier alpha value is -1.55. The first kappa shape index (κ1) is 12.9. The van der Waals surface area contributed by atoms with Gasteiger partial charge in [-0.15, -0.1) is 0 Å². The molecule has 1 aromatic carbocycles. The van der Waals surface area contributed by atoms with E-state index in [1.165, 1.54) is 0 Å². The van der Waals surface area contributed by atoms with Gasteiger partial charge >= 0.3 is 6.03 Å². The fourth-order valence-electron chi connectivity index (χ4n) is 2.46. The first-order chi connectivity index (χ1) is 8.61. The molecule has 0 bridgehead atoms. The molecule has 0 aromatic heterocycles. The van der Waals surface area contributed by atoms with E-state index in [9.17, 15) is 9.90 Å². The van der Waals surface area contributed by atoms with Crippen LogP contribution < -0.4 is 5.32 Å². The maximum Gasteiger partial charge on any atom is 0.322 e. The summed E-state index contributed by atoms with van der Waals surface area (Å²) >= 11 is 0. The largest absolute Gasteiger partial charge is 0.394 e. The van der Waals surface area contributed by atoms with Crippen LogP contribution in [0.1, 0.15) is 18.9 Å². The number of amides is 2. The van der Waals surface area contributed by atoms with Crippen molar-refractivity contribution in [1.29, 1.82) is 0 Å². The summed E-state index contributed by atoms with van der Waals surface area (Å²) in [6.07, 6.45) is 0.951. The topological polar surface area (TPSA) is 52.6 Å². The summed E-state index contributed by atoms with van der Waals surface area (Å²) in [6.45, 7) is 4.80. The predicted octanol–water partition coefficient (Wildman–Crippen LogP) is 2.23. The van der Waals surface area contributed by atoms with Gasteiger partial charge in [0.2, 0.25) is 0 Å². The molecule has 1 aliphatic heterocycles. The minimum Gasteiger partial charge on any atom is -0.394 e. The Morgan fingerprint density at radius 3 is 3.00 bits per heavy atom. The van der Waals surface area contributed by atoms with Gasteiger partial charge < -0.3 is 15.3 Å². The summed E-state index contributed by atoms with van der Waals surface area (Å²) in [5.41, 5.74) is 1.91. The second-order valence-corrected chi connectivity index (χ2v) is 5.01. The molecular formula is C14H20N2O2. The number of carbonyl (C=O) groups excluding carboxylic acids is 1. The monoisotopic (exact) mass is 248 g/mol. The van der Waals surface area contributed by atoms with E-state index in [2.05, 4.69) is 12.2 Å². The molecule has 0 radical (unpaired) electrons. The van der Waals surface area contributed by atoms with Crippen molar-refractivity contribution in [2.24, 2.45) is 5.92 Å². The van der Waals surface area contributed by atoms with Gasteiger partial charge in [0.15, 0.2) is 0 Å². The molecule has 2 amide bonds. The molecule has 0 spiro atoms. The second-order valence-electron chi connectivity index (χ2n) is 5.01. The molecule has 1 aromatic rings. The maximum absolute atomic E-state index is 12.1. The number of aliphatic hydroxyl groups is 1. The van der Waals surface area contributed by atoms with Gasteiger partial charge in [-0.1, -0.05) is 19.1 Å². The molecular weight excluding hydrogens is 228 g/mol. The molecule has 2 N–H and O–H groups in total. The Kier molecular flexibility index (Phi) is 3.87. The smallest absolute Gasteiger partial charge is 0.322 e. The van der Waals surface area contributed by atoms with Gasteiger partial charge in [0.05, 0.1) is 12.6 Å². The second kappa shape index (κ2) is 5.40. The number of hydrogen-bond acceptors (Lipinski definition) is 2. The number of likely N-dealkylation sites (tertiary alicyclic amines) is 1. The highest BCUT2D eigenvalue weighted by Gasteiger charge is 2.33. The summed E-state index contributed by atoms with van der Waals surface area (Å²) in [6, 6.07) is 7.54. The van der Waals surface area contributed by atoms with Crippen molar-refractivity contribution in [2.45, 2.75) is 26.3 Å². The van der Waals surface area contributed by atoms with Gasteiger partial charge in [-0.2, -0.15) is 0 Å². The van der Waals surface area contributed by atoms with Gasteiger partial charge in [0.25, 0.3) is 0 Å². The predicted molar refractivity (Wildman–Crippen MR) is 71.6 cm³/mol. The molecule has 1 fully saturated rings.